The third-order valence-corrected chi connectivity index (χ3v) is 4.29. The van der Waals surface area contributed by atoms with Gasteiger partial charge in [0.15, 0.2) is 0 Å². The third-order valence-electron chi connectivity index (χ3n) is 4.06. The van der Waals surface area contributed by atoms with Crippen LogP contribution in [0.4, 0.5) is 5.69 Å². The van der Waals surface area contributed by atoms with E-state index in [9.17, 15) is 4.79 Å². The van der Waals surface area contributed by atoms with Crippen LogP contribution in [0.1, 0.15) is 18.4 Å². The van der Waals surface area contributed by atoms with Gasteiger partial charge in [-0.1, -0.05) is 29.8 Å². The van der Waals surface area contributed by atoms with Crippen LogP contribution in [0, 0.1) is 6.92 Å². The molecule has 144 valence electrons. The lowest BCUT2D eigenvalue weighted by molar-refractivity contribution is -0.116. The zero-order valence-corrected chi connectivity index (χ0v) is 16.4. The predicted molar refractivity (Wildman–Crippen MR) is 113 cm³/mol. The van der Waals surface area contributed by atoms with Crippen molar-refractivity contribution in [2.24, 2.45) is 0 Å². The van der Waals surface area contributed by atoms with Gasteiger partial charge in [-0.05, 0) is 73.5 Å². The summed E-state index contributed by atoms with van der Waals surface area (Å²) < 4.78 is 11.4. The molecule has 5 heteroatoms. The summed E-state index contributed by atoms with van der Waals surface area (Å²) in [5.74, 6) is 2.23. The van der Waals surface area contributed by atoms with Gasteiger partial charge in [-0.25, -0.2) is 0 Å². The van der Waals surface area contributed by atoms with E-state index in [1.54, 1.807) is 6.07 Å². The van der Waals surface area contributed by atoms with Crippen LogP contribution in [-0.4, -0.2) is 12.5 Å². The maximum atomic E-state index is 12.1. The Balaban J connectivity index is 1.40. The van der Waals surface area contributed by atoms with Crippen molar-refractivity contribution < 1.29 is 14.3 Å². The molecule has 1 N–H and O–H groups in total. The second-order valence-corrected chi connectivity index (χ2v) is 6.79. The number of carbonyl (C=O) groups excluding carboxylic acids is 1. The molecule has 3 aromatic rings. The van der Waals surface area contributed by atoms with Crippen molar-refractivity contribution in [1.82, 2.24) is 0 Å². The minimum atomic E-state index is -0.0480. The lowest BCUT2D eigenvalue weighted by Gasteiger charge is -2.10. The highest BCUT2D eigenvalue weighted by molar-refractivity contribution is 6.30. The molecule has 0 saturated heterocycles. The van der Waals surface area contributed by atoms with Gasteiger partial charge in [-0.15, -0.1) is 0 Å². The van der Waals surface area contributed by atoms with Crippen molar-refractivity contribution >= 4 is 23.2 Å². The topological polar surface area (TPSA) is 47.6 Å². The van der Waals surface area contributed by atoms with Crippen molar-refractivity contribution in [2.45, 2.75) is 19.8 Å². The molecule has 3 aromatic carbocycles. The van der Waals surface area contributed by atoms with Crippen molar-refractivity contribution in [3.63, 3.8) is 0 Å². The monoisotopic (exact) mass is 395 g/mol. The van der Waals surface area contributed by atoms with Crippen LogP contribution in [0.5, 0.6) is 17.2 Å². The number of nitrogens with one attached hydrogen (secondary N) is 1. The van der Waals surface area contributed by atoms with Gasteiger partial charge >= 0.3 is 0 Å². The maximum Gasteiger partial charge on any atom is 0.224 e. The van der Waals surface area contributed by atoms with Gasteiger partial charge in [0.2, 0.25) is 5.91 Å². The van der Waals surface area contributed by atoms with E-state index in [2.05, 4.69) is 5.32 Å². The zero-order chi connectivity index (χ0) is 19.8. The van der Waals surface area contributed by atoms with Gasteiger partial charge in [-0.3, -0.25) is 4.79 Å². The highest BCUT2D eigenvalue weighted by Crippen LogP contribution is 2.23. The van der Waals surface area contributed by atoms with E-state index in [0.717, 1.165) is 28.5 Å². The van der Waals surface area contributed by atoms with E-state index in [-0.39, 0.29) is 5.91 Å². The van der Waals surface area contributed by atoms with E-state index in [4.69, 9.17) is 21.1 Å². The zero-order valence-electron chi connectivity index (χ0n) is 15.7. The van der Waals surface area contributed by atoms with Crippen LogP contribution in [0.2, 0.25) is 5.02 Å². The Morgan fingerprint density at radius 1 is 0.964 bits per heavy atom. The molecule has 28 heavy (non-hydrogen) atoms. The third kappa shape index (κ3) is 6.03. The Morgan fingerprint density at radius 3 is 2.39 bits per heavy atom. The van der Waals surface area contributed by atoms with E-state index >= 15 is 0 Å². The number of hydrogen-bond acceptors (Lipinski definition) is 3. The van der Waals surface area contributed by atoms with Gasteiger partial charge in [0.05, 0.1) is 6.61 Å². The van der Waals surface area contributed by atoms with Crippen molar-refractivity contribution in [3.8, 4) is 17.2 Å². The quantitative estimate of drug-likeness (QED) is 0.459. The smallest absolute Gasteiger partial charge is 0.224 e. The van der Waals surface area contributed by atoms with Crippen molar-refractivity contribution in [3.05, 3.63) is 83.4 Å². The largest absolute Gasteiger partial charge is 0.493 e. The molecular formula is C23H22ClNO3. The van der Waals surface area contributed by atoms with Gasteiger partial charge in [0.25, 0.3) is 0 Å². The number of carbonyl (C=O) groups is 1. The molecule has 3 rings (SSSR count). The van der Waals surface area contributed by atoms with Crippen LogP contribution < -0.4 is 14.8 Å². The molecule has 0 bridgehead atoms. The van der Waals surface area contributed by atoms with Crippen LogP contribution in [0.25, 0.3) is 0 Å². The number of para-hydroxylation sites is 1. The number of benzene rings is 3. The summed E-state index contributed by atoms with van der Waals surface area (Å²) in [6, 6.07) is 22.4. The van der Waals surface area contributed by atoms with E-state index in [0.29, 0.717) is 24.5 Å². The number of hydrogen-bond donors (Lipinski definition) is 1. The maximum absolute atomic E-state index is 12.1. The molecule has 0 spiro atoms. The molecule has 0 aliphatic rings. The number of anilines is 1. The Labute approximate surface area is 170 Å². The van der Waals surface area contributed by atoms with Crippen LogP contribution in [-0.2, 0) is 4.79 Å². The molecule has 0 atom stereocenters. The summed E-state index contributed by atoms with van der Waals surface area (Å²) >= 11 is 5.93. The molecule has 1 amide bonds. The molecule has 4 nitrogen and oxygen atoms in total. The van der Waals surface area contributed by atoms with Crippen LogP contribution >= 0.6 is 11.6 Å². The summed E-state index contributed by atoms with van der Waals surface area (Å²) in [6.07, 6.45) is 1.01. The summed E-state index contributed by atoms with van der Waals surface area (Å²) in [4.78, 5) is 12.1. The number of ether oxygens (including phenoxy) is 2. The Morgan fingerprint density at radius 2 is 1.68 bits per heavy atom. The second kappa shape index (κ2) is 9.81. The van der Waals surface area contributed by atoms with Gasteiger partial charge < -0.3 is 14.8 Å². The highest BCUT2D eigenvalue weighted by Gasteiger charge is 2.05. The first kappa shape index (κ1) is 19.8. The molecule has 0 fully saturated rings. The lowest BCUT2D eigenvalue weighted by atomic mass is 10.2. The van der Waals surface area contributed by atoms with Crippen molar-refractivity contribution in [2.75, 3.05) is 11.9 Å². The second-order valence-electron chi connectivity index (χ2n) is 6.35. The predicted octanol–water partition coefficient (Wildman–Crippen LogP) is 6.24. The fourth-order valence-electron chi connectivity index (χ4n) is 2.64. The number of aryl methyl sites for hydroxylation is 1. The van der Waals surface area contributed by atoms with Crippen LogP contribution in [0.15, 0.2) is 72.8 Å². The summed E-state index contributed by atoms with van der Waals surface area (Å²) in [7, 11) is 0. The minimum Gasteiger partial charge on any atom is -0.493 e. The first-order valence-electron chi connectivity index (χ1n) is 9.12. The van der Waals surface area contributed by atoms with Crippen molar-refractivity contribution in [1.29, 1.82) is 0 Å². The fraction of sp³-hybridized carbons (Fsp3) is 0.174. The standard InChI is InChI=1S/C23H22ClNO3/c1-17-16-18(24)9-14-22(17)27-15-5-8-23(26)25-19-10-12-21(13-11-19)28-20-6-3-2-4-7-20/h2-4,6-7,9-14,16H,5,8,15H2,1H3,(H,25,26). The van der Waals surface area contributed by atoms with E-state index < -0.39 is 0 Å². The SMILES string of the molecule is Cc1cc(Cl)ccc1OCCCC(=O)Nc1ccc(Oc2ccccc2)cc1. The minimum absolute atomic E-state index is 0.0480. The Bertz CT molecular complexity index is 911. The van der Waals surface area contributed by atoms with Crippen LogP contribution in [0.3, 0.4) is 0 Å². The Hall–Kier alpha value is -2.98. The van der Waals surface area contributed by atoms with Gasteiger partial charge in [0.1, 0.15) is 17.2 Å². The summed E-state index contributed by atoms with van der Waals surface area (Å²) in [5, 5.41) is 3.57. The normalized spacial score (nSPS) is 10.4. The molecule has 0 saturated carbocycles. The molecule has 0 aromatic heterocycles. The highest BCUT2D eigenvalue weighted by atomic mass is 35.5. The van der Waals surface area contributed by atoms with Gasteiger partial charge in [-0.2, -0.15) is 0 Å². The Kier molecular flexibility index (Phi) is 6.93. The molecule has 0 aliphatic heterocycles. The van der Waals surface area contributed by atoms with Gasteiger partial charge in [0, 0.05) is 17.1 Å². The summed E-state index contributed by atoms with van der Waals surface area (Å²) in [6.45, 7) is 2.42. The molecule has 0 heterocycles. The number of rotatable bonds is 8. The molecule has 0 aliphatic carbocycles. The molecular weight excluding hydrogens is 374 g/mol. The number of halogens is 1. The fourth-order valence-corrected chi connectivity index (χ4v) is 2.87. The number of amides is 1. The lowest BCUT2D eigenvalue weighted by Crippen LogP contribution is -2.12. The van der Waals surface area contributed by atoms with E-state index in [1.165, 1.54) is 0 Å². The first-order valence-corrected chi connectivity index (χ1v) is 9.50. The molecule has 0 radical (unpaired) electrons. The average Bonchev–Trinajstić information content (AvgIpc) is 2.69. The molecule has 0 unspecified atom stereocenters. The first-order chi connectivity index (χ1) is 13.6. The summed E-state index contributed by atoms with van der Waals surface area (Å²) in [5.41, 5.74) is 1.72. The average molecular weight is 396 g/mol. The van der Waals surface area contributed by atoms with E-state index in [1.807, 2.05) is 73.7 Å².